The van der Waals surface area contributed by atoms with Crippen LogP contribution in [-0.2, 0) is 9.53 Å². The molecule has 0 bridgehead atoms. The molecule has 62 valence electrons. The van der Waals surface area contributed by atoms with Gasteiger partial charge in [0.25, 0.3) is 0 Å². The largest absolute Gasteiger partial charge is 0.450 e. The average Bonchev–Trinajstić information content (AvgIpc) is 1.87. The van der Waals surface area contributed by atoms with Crippen LogP contribution in [0.5, 0.6) is 0 Å². The Hall–Kier alpha value is -1.32. The first-order valence-electron chi connectivity index (χ1n) is 3.27. The van der Waals surface area contributed by atoms with E-state index >= 15 is 0 Å². The molecule has 0 spiro atoms. The Labute approximate surface area is 65.2 Å². The molecule has 0 aromatic heterocycles. The molecule has 0 aliphatic heterocycles. The quantitative estimate of drug-likeness (QED) is 0.617. The van der Waals surface area contributed by atoms with Gasteiger partial charge >= 0.3 is 6.09 Å². The minimum atomic E-state index is -0.551. The molecule has 1 N–H and O–H groups in total. The van der Waals surface area contributed by atoms with Gasteiger partial charge in [0, 0.05) is 6.20 Å². The molecule has 4 heteroatoms. The zero-order chi connectivity index (χ0) is 8.69. The van der Waals surface area contributed by atoms with E-state index in [4.69, 9.17) is 0 Å². The zero-order valence-corrected chi connectivity index (χ0v) is 6.59. The molecule has 1 amide bonds. The van der Waals surface area contributed by atoms with Gasteiger partial charge in [-0.1, -0.05) is 0 Å². The summed E-state index contributed by atoms with van der Waals surface area (Å²) in [5, 5.41) is 2.25. The van der Waals surface area contributed by atoms with E-state index in [-0.39, 0.29) is 5.78 Å². The third-order valence-corrected chi connectivity index (χ3v) is 0.795. The summed E-state index contributed by atoms with van der Waals surface area (Å²) in [4.78, 5) is 20.8. The predicted molar refractivity (Wildman–Crippen MR) is 40.0 cm³/mol. The highest BCUT2D eigenvalue weighted by Crippen LogP contribution is 1.77. The van der Waals surface area contributed by atoms with Crippen molar-refractivity contribution < 1.29 is 14.3 Å². The minimum Gasteiger partial charge on any atom is -0.450 e. The minimum absolute atomic E-state index is 0.123. The lowest BCUT2D eigenvalue weighted by molar-refractivity contribution is -0.112. The molecule has 0 aromatic carbocycles. The van der Waals surface area contributed by atoms with Crippen LogP contribution in [0.1, 0.15) is 13.8 Å². The molecule has 0 atom stereocenters. The number of alkyl carbamates (subject to hydrolysis) is 1. The van der Waals surface area contributed by atoms with E-state index in [1.165, 1.54) is 19.2 Å². The SMILES string of the molecule is CCOC(=O)N/C=C/C(C)=O. The van der Waals surface area contributed by atoms with Gasteiger partial charge in [0.2, 0.25) is 0 Å². The van der Waals surface area contributed by atoms with Crippen LogP contribution in [0.4, 0.5) is 4.79 Å². The summed E-state index contributed by atoms with van der Waals surface area (Å²) in [5.74, 6) is -0.123. The first kappa shape index (κ1) is 9.68. The summed E-state index contributed by atoms with van der Waals surface area (Å²) >= 11 is 0. The summed E-state index contributed by atoms with van der Waals surface area (Å²) in [6, 6.07) is 0. The Morgan fingerprint density at radius 1 is 1.55 bits per heavy atom. The highest BCUT2D eigenvalue weighted by Gasteiger charge is 1.93. The maximum absolute atomic E-state index is 10.5. The molecule has 0 aliphatic rings. The molecular weight excluding hydrogens is 146 g/mol. The van der Waals surface area contributed by atoms with Crippen LogP contribution in [0.3, 0.4) is 0 Å². The standard InChI is InChI=1S/C7H11NO3/c1-3-11-7(10)8-5-4-6(2)9/h4-5H,3H2,1-2H3,(H,8,10)/b5-4+. The van der Waals surface area contributed by atoms with Gasteiger partial charge < -0.3 is 4.74 Å². The first-order valence-corrected chi connectivity index (χ1v) is 3.27. The lowest BCUT2D eigenvalue weighted by Crippen LogP contribution is -2.18. The maximum Gasteiger partial charge on any atom is 0.411 e. The van der Waals surface area contributed by atoms with E-state index in [1.54, 1.807) is 6.92 Å². The monoisotopic (exact) mass is 157 g/mol. The van der Waals surface area contributed by atoms with Crippen molar-refractivity contribution in [3.8, 4) is 0 Å². The van der Waals surface area contributed by atoms with Crippen molar-refractivity contribution in [1.82, 2.24) is 5.32 Å². The van der Waals surface area contributed by atoms with Crippen LogP contribution in [0.15, 0.2) is 12.3 Å². The Kier molecular flexibility index (Phi) is 4.81. The third kappa shape index (κ3) is 6.57. The Balaban J connectivity index is 3.53. The number of ketones is 1. The summed E-state index contributed by atoms with van der Waals surface area (Å²) in [7, 11) is 0. The maximum atomic E-state index is 10.5. The van der Waals surface area contributed by atoms with E-state index in [0.717, 1.165) is 0 Å². The number of ether oxygens (including phenoxy) is 1. The fourth-order valence-electron chi connectivity index (χ4n) is 0.400. The van der Waals surface area contributed by atoms with Crippen LogP contribution in [0, 0.1) is 0 Å². The number of hydrogen-bond acceptors (Lipinski definition) is 3. The Morgan fingerprint density at radius 3 is 2.64 bits per heavy atom. The second-order valence-electron chi connectivity index (χ2n) is 1.81. The Morgan fingerprint density at radius 2 is 2.18 bits per heavy atom. The van der Waals surface area contributed by atoms with Crippen molar-refractivity contribution in [2.24, 2.45) is 0 Å². The van der Waals surface area contributed by atoms with Crippen LogP contribution in [-0.4, -0.2) is 18.5 Å². The number of hydrogen-bond donors (Lipinski definition) is 1. The second kappa shape index (κ2) is 5.46. The van der Waals surface area contributed by atoms with E-state index in [9.17, 15) is 9.59 Å². The normalized spacial score (nSPS) is 9.64. The molecular formula is C7H11NO3. The fourth-order valence-corrected chi connectivity index (χ4v) is 0.400. The van der Waals surface area contributed by atoms with Crippen LogP contribution < -0.4 is 5.32 Å². The highest BCUT2D eigenvalue weighted by atomic mass is 16.5. The van der Waals surface area contributed by atoms with E-state index in [2.05, 4.69) is 10.1 Å². The summed E-state index contributed by atoms with van der Waals surface area (Å²) in [6.07, 6.45) is 1.95. The van der Waals surface area contributed by atoms with E-state index in [0.29, 0.717) is 6.61 Å². The molecule has 11 heavy (non-hydrogen) atoms. The molecule has 0 aliphatic carbocycles. The average molecular weight is 157 g/mol. The molecule has 0 radical (unpaired) electrons. The van der Waals surface area contributed by atoms with Gasteiger partial charge in [-0.05, 0) is 19.9 Å². The van der Waals surface area contributed by atoms with Crippen molar-refractivity contribution in [3.63, 3.8) is 0 Å². The smallest absolute Gasteiger partial charge is 0.411 e. The highest BCUT2D eigenvalue weighted by molar-refractivity contribution is 5.87. The van der Waals surface area contributed by atoms with Gasteiger partial charge in [0.05, 0.1) is 6.61 Å². The van der Waals surface area contributed by atoms with E-state index in [1.807, 2.05) is 0 Å². The van der Waals surface area contributed by atoms with Gasteiger partial charge in [-0.15, -0.1) is 0 Å². The topological polar surface area (TPSA) is 55.4 Å². The number of allylic oxidation sites excluding steroid dienone is 1. The van der Waals surface area contributed by atoms with Crippen molar-refractivity contribution in [3.05, 3.63) is 12.3 Å². The zero-order valence-electron chi connectivity index (χ0n) is 6.59. The predicted octanol–water partition coefficient (Wildman–Crippen LogP) is 0.835. The van der Waals surface area contributed by atoms with Crippen LogP contribution in [0.25, 0.3) is 0 Å². The molecule has 0 saturated carbocycles. The molecule has 0 fully saturated rings. The summed E-state index contributed by atoms with van der Waals surface area (Å²) < 4.78 is 4.51. The summed E-state index contributed by atoms with van der Waals surface area (Å²) in [5.41, 5.74) is 0. The van der Waals surface area contributed by atoms with Gasteiger partial charge in [-0.2, -0.15) is 0 Å². The van der Waals surface area contributed by atoms with Crippen molar-refractivity contribution in [2.75, 3.05) is 6.61 Å². The van der Waals surface area contributed by atoms with Gasteiger partial charge in [-0.3, -0.25) is 10.1 Å². The molecule has 0 unspecified atom stereocenters. The summed E-state index contributed by atoms with van der Waals surface area (Å²) in [6.45, 7) is 3.41. The lowest BCUT2D eigenvalue weighted by Gasteiger charge is -1.97. The number of nitrogens with one attached hydrogen (secondary N) is 1. The molecule has 0 saturated heterocycles. The molecule has 0 rings (SSSR count). The van der Waals surface area contributed by atoms with Gasteiger partial charge in [0.1, 0.15) is 0 Å². The molecule has 0 aromatic rings. The number of carbonyl (C=O) groups excluding carboxylic acids is 2. The van der Waals surface area contributed by atoms with Crippen LogP contribution in [0.2, 0.25) is 0 Å². The lowest BCUT2D eigenvalue weighted by atomic mass is 10.4. The third-order valence-electron chi connectivity index (χ3n) is 0.795. The molecule has 0 heterocycles. The Bertz CT molecular complexity index is 175. The number of carbonyl (C=O) groups is 2. The molecule has 4 nitrogen and oxygen atoms in total. The van der Waals surface area contributed by atoms with Gasteiger partial charge in [-0.25, -0.2) is 4.79 Å². The first-order chi connectivity index (χ1) is 5.16. The van der Waals surface area contributed by atoms with Crippen molar-refractivity contribution in [2.45, 2.75) is 13.8 Å². The number of amides is 1. The van der Waals surface area contributed by atoms with Crippen molar-refractivity contribution >= 4 is 11.9 Å². The van der Waals surface area contributed by atoms with Crippen molar-refractivity contribution in [1.29, 1.82) is 0 Å². The fraction of sp³-hybridized carbons (Fsp3) is 0.429. The van der Waals surface area contributed by atoms with E-state index < -0.39 is 6.09 Å². The van der Waals surface area contributed by atoms with Gasteiger partial charge in [0.15, 0.2) is 5.78 Å². The van der Waals surface area contributed by atoms with Crippen LogP contribution >= 0.6 is 0 Å². The number of rotatable bonds is 3. The second-order valence-corrected chi connectivity index (χ2v) is 1.81.